The van der Waals surface area contributed by atoms with E-state index in [2.05, 4.69) is 12.6 Å². The van der Waals surface area contributed by atoms with E-state index in [-0.39, 0.29) is 11.5 Å². The molecule has 0 saturated carbocycles. The highest BCUT2D eigenvalue weighted by molar-refractivity contribution is 7.80. The molecule has 1 N–H and O–H groups in total. The molecule has 0 heterocycles. The van der Waals surface area contributed by atoms with Gasteiger partial charge in [-0.3, -0.25) is 4.79 Å². The van der Waals surface area contributed by atoms with E-state index in [4.69, 9.17) is 4.74 Å². The number of phenols is 1. The van der Waals surface area contributed by atoms with Crippen molar-refractivity contribution in [3.8, 4) is 11.5 Å². The number of ketones is 1. The Hall–Kier alpha value is -1.16. The van der Waals surface area contributed by atoms with Gasteiger partial charge in [0.2, 0.25) is 0 Å². The predicted octanol–water partition coefficient (Wildman–Crippen LogP) is 1.89. The molecule has 0 spiro atoms. The molecule has 0 aliphatic heterocycles. The molecule has 1 aromatic rings. The smallest absolute Gasteiger partial charge is 0.163 e. The lowest BCUT2D eigenvalue weighted by Gasteiger charge is -2.07. The number of ether oxygens (including phenoxy) is 1. The van der Waals surface area contributed by atoms with E-state index >= 15 is 0 Å². The van der Waals surface area contributed by atoms with Gasteiger partial charge in [0.1, 0.15) is 11.5 Å². The van der Waals surface area contributed by atoms with E-state index in [1.54, 1.807) is 0 Å². The third-order valence-corrected chi connectivity index (χ3v) is 2.03. The summed E-state index contributed by atoms with van der Waals surface area (Å²) in [6.07, 6.45) is 0. The van der Waals surface area contributed by atoms with Crippen LogP contribution in [0.15, 0.2) is 17.0 Å². The second kappa shape index (κ2) is 3.70. The van der Waals surface area contributed by atoms with Crippen LogP contribution in [-0.2, 0) is 0 Å². The molecule has 0 aromatic heterocycles. The molecule has 0 amide bonds. The lowest BCUT2D eigenvalue weighted by molar-refractivity contribution is 0.101. The second-order valence-electron chi connectivity index (χ2n) is 2.60. The fourth-order valence-corrected chi connectivity index (χ4v) is 1.20. The number of hydrogen-bond donors (Lipinski definition) is 2. The van der Waals surface area contributed by atoms with Gasteiger partial charge in [0.15, 0.2) is 5.78 Å². The molecule has 70 valence electrons. The number of carbonyl (C=O) groups is 1. The zero-order chi connectivity index (χ0) is 10.0. The van der Waals surface area contributed by atoms with E-state index in [1.165, 1.54) is 26.2 Å². The Balaban J connectivity index is 3.33. The summed E-state index contributed by atoms with van der Waals surface area (Å²) in [4.78, 5) is 11.5. The SMILES string of the molecule is COc1cc(O)c(S)cc1C(C)=O. The summed E-state index contributed by atoms with van der Waals surface area (Å²) in [5.74, 6) is 0.250. The standard InChI is InChI=1S/C9H10O3S/c1-5(10)6-3-9(13)7(11)4-8(6)12-2/h3-4,11,13H,1-2H3. The zero-order valence-corrected chi connectivity index (χ0v) is 8.26. The largest absolute Gasteiger partial charge is 0.507 e. The van der Waals surface area contributed by atoms with Gasteiger partial charge >= 0.3 is 0 Å². The quantitative estimate of drug-likeness (QED) is 0.563. The van der Waals surface area contributed by atoms with E-state index in [1.807, 2.05) is 0 Å². The van der Waals surface area contributed by atoms with Crippen molar-refractivity contribution in [1.82, 2.24) is 0 Å². The topological polar surface area (TPSA) is 46.5 Å². The molecule has 13 heavy (non-hydrogen) atoms. The van der Waals surface area contributed by atoms with Crippen LogP contribution >= 0.6 is 12.6 Å². The van der Waals surface area contributed by atoms with Gasteiger partial charge in [0.25, 0.3) is 0 Å². The maximum absolute atomic E-state index is 11.1. The minimum absolute atomic E-state index is 0.00480. The van der Waals surface area contributed by atoms with E-state index in [0.29, 0.717) is 16.2 Å². The first-order valence-electron chi connectivity index (χ1n) is 3.67. The first-order chi connectivity index (χ1) is 6.06. The summed E-state index contributed by atoms with van der Waals surface area (Å²) >= 11 is 3.99. The van der Waals surface area contributed by atoms with E-state index in [0.717, 1.165) is 0 Å². The average Bonchev–Trinajstić information content (AvgIpc) is 2.08. The number of carbonyl (C=O) groups excluding carboxylic acids is 1. The van der Waals surface area contributed by atoms with Crippen LogP contribution in [0.4, 0.5) is 0 Å². The third kappa shape index (κ3) is 1.95. The Bertz CT molecular complexity index is 347. The molecule has 0 radical (unpaired) electrons. The number of methoxy groups -OCH3 is 1. The molecule has 0 saturated heterocycles. The Morgan fingerprint density at radius 3 is 2.62 bits per heavy atom. The molecule has 1 rings (SSSR count). The Morgan fingerprint density at radius 1 is 1.54 bits per heavy atom. The third-order valence-electron chi connectivity index (χ3n) is 1.68. The molecular formula is C9H10O3S. The number of rotatable bonds is 2. The lowest BCUT2D eigenvalue weighted by Crippen LogP contribution is -1.97. The van der Waals surface area contributed by atoms with Crippen molar-refractivity contribution in [2.24, 2.45) is 0 Å². The molecular weight excluding hydrogens is 188 g/mol. The van der Waals surface area contributed by atoms with Crippen LogP contribution in [0.25, 0.3) is 0 Å². The van der Waals surface area contributed by atoms with Gasteiger partial charge in [-0.05, 0) is 13.0 Å². The zero-order valence-electron chi connectivity index (χ0n) is 7.37. The maximum Gasteiger partial charge on any atom is 0.163 e. The Morgan fingerprint density at radius 2 is 2.15 bits per heavy atom. The fraction of sp³-hybridized carbons (Fsp3) is 0.222. The first kappa shape index (κ1) is 9.92. The van der Waals surface area contributed by atoms with Gasteiger partial charge < -0.3 is 9.84 Å². The highest BCUT2D eigenvalue weighted by atomic mass is 32.1. The predicted molar refractivity (Wildman–Crippen MR) is 51.9 cm³/mol. The van der Waals surface area contributed by atoms with Crippen molar-refractivity contribution in [3.05, 3.63) is 17.7 Å². The van der Waals surface area contributed by atoms with Crippen LogP contribution < -0.4 is 4.74 Å². The monoisotopic (exact) mass is 198 g/mol. The summed E-state index contributed by atoms with van der Waals surface area (Å²) in [6, 6.07) is 2.86. The van der Waals surface area contributed by atoms with Crippen LogP contribution in [0.2, 0.25) is 0 Å². The van der Waals surface area contributed by atoms with E-state index < -0.39 is 0 Å². The molecule has 4 heteroatoms. The second-order valence-corrected chi connectivity index (χ2v) is 3.08. The molecule has 3 nitrogen and oxygen atoms in total. The molecule has 1 aromatic carbocycles. The van der Waals surface area contributed by atoms with Gasteiger partial charge in [-0.1, -0.05) is 0 Å². The highest BCUT2D eigenvalue weighted by Crippen LogP contribution is 2.30. The van der Waals surface area contributed by atoms with Crippen molar-refractivity contribution >= 4 is 18.4 Å². The van der Waals surface area contributed by atoms with Gasteiger partial charge in [-0.25, -0.2) is 0 Å². The molecule has 0 unspecified atom stereocenters. The van der Waals surface area contributed by atoms with Crippen LogP contribution in [0.5, 0.6) is 11.5 Å². The van der Waals surface area contributed by atoms with Crippen molar-refractivity contribution in [2.75, 3.05) is 7.11 Å². The average molecular weight is 198 g/mol. The van der Waals surface area contributed by atoms with Gasteiger partial charge in [0.05, 0.1) is 12.7 Å². The molecule has 0 fully saturated rings. The Labute approximate surface area is 81.8 Å². The molecule has 0 aliphatic carbocycles. The number of aromatic hydroxyl groups is 1. The van der Waals surface area contributed by atoms with Crippen molar-refractivity contribution in [1.29, 1.82) is 0 Å². The molecule has 0 bridgehead atoms. The Kier molecular flexibility index (Phi) is 2.83. The van der Waals surface area contributed by atoms with Crippen molar-refractivity contribution in [2.45, 2.75) is 11.8 Å². The van der Waals surface area contributed by atoms with Crippen LogP contribution in [0, 0.1) is 0 Å². The van der Waals surface area contributed by atoms with Gasteiger partial charge in [0, 0.05) is 11.0 Å². The van der Waals surface area contributed by atoms with Crippen molar-refractivity contribution < 1.29 is 14.6 Å². The number of phenolic OH excluding ortho intramolecular Hbond substituents is 1. The fourth-order valence-electron chi connectivity index (χ4n) is 1.00. The lowest BCUT2D eigenvalue weighted by atomic mass is 10.1. The molecule has 0 aliphatic rings. The number of Topliss-reactive ketones (excluding diaryl/α,β-unsaturated/α-hetero) is 1. The van der Waals surface area contributed by atoms with E-state index in [9.17, 15) is 9.90 Å². The normalized spacial score (nSPS) is 9.77. The van der Waals surface area contributed by atoms with Crippen LogP contribution in [-0.4, -0.2) is 18.0 Å². The highest BCUT2D eigenvalue weighted by Gasteiger charge is 2.10. The summed E-state index contributed by atoms with van der Waals surface area (Å²) in [5, 5.41) is 9.27. The van der Waals surface area contributed by atoms with Crippen molar-refractivity contribution in [3.63, 3.8) is 0 Å². The van der Waals surface area contributed by atoms with Crippen LogP contribution in [0.3, 0.4) is 0 Å². The van der Waals surface area contributed by atoms with Gasteiger partial charge in [-0.2, -0.15) is 0 Å². The number of thiol groups is 1. The van der Waals surface area contributed by atoms with Gasteiger partial charge in [-0.15, -0.1) is 12.6 Å². The minimum atomic E-state index is -0.118. The summed E-state index contributed by atoms with van der Waals surface area (Å²) in [7, 11) is 1.44. The number of hydrogen-bond acceptors (Lipinski definition) is 4. The first-order valence-corrected chi connectivity index (χ1v) is 4.12. The summed E-state index contributed by atoms with van der Waals surface area (Å²) in [5.41, 5.74) is 0.422. The summed E-state index contributed by atoms with van der Waals surface area (Å²) in [6.45, 7) is 1.43. The minimum Gasteiger partial charge on any atom is -0.507 e. The maximum atomic E-state index is 11.1. The molecule has 0 atom stereocenters. The van der Waals surface area contributed by atoms with Crippen LogP contribution in [0.1, 0.15) is 17.3 Å². The summed E-state index contributed by atoms with van der Waals surface area (Å²) < 4.78 is 4.93. The number of benzene rings is 1.